The van der Waals surface area contributed by atoms with Crippen LogP contribution in [0.4, 0.5) is 0 Å². The molecule has 3 aromatic rings. The Kier molecular flexibility index (Phi) is 7.16. The van der Waals surface area contributed by atoms with Crippen molar-refractivity contribution in [2.24, 2.45) is 11.8 Å². The summed E-state index contributed by atoms with van der Waals surface area (Å²) in [7, 11) is 0. The monoisotopic (exact) mass is 425 g/mol. The van der Waals surface area contributed by atoms with E-state index in [0.29, 0.717) is 37.2 Å². The molecule has 7 heteroatoms. The third-order valence-corrected chi connectivity index (χ3v) is 6.33. The quantitative estimate of drug-likeness (QED) is 0.546. The van der Waals surface area contributed by atoms with Crippen LogP contribution in [0.3, 0.4) is 0 Å². The van der Waals surface area contributed by atoms with Gasteiger partial charge in [-0.25, -0.2) is 0 Å². The van der Waals surface area contributed by atoms with Crippen molar-refractivity contribution in [3.05, 3.63) is 70.2 Å². The number of carbonyl (C=O) groups excluding carboxylic acids is 1. The fraction of sp³-hybridized carbons (Fsp3) is 0.391. The summed E-state index contributed by atoms with van der Waals surface area (Å²) < 4.78 is 11.2. The summed E-state index contributed by atoms with van der Waals surface area (Å²) >= 11 is 1.66. The van der Waals surface area contributed by atoms with Crippen molar-refractivity contribution >= 4 is 17.2 Å². The molecule has 1 aromatic carbocycles. The molecule has 2 aromatic heterocycles. The number of piperidine rings is 1. The fourth-order valence-corrected chi connectivity index (χ4v) is 4.50. The van der Waals surface area contributed by atoms with Crippen molar-refractivity contribution in [3.63, 3.8) is 0 Å². The SMILES string of the molecule is O=C(C[C@@H]1CCNC[C@@H]1Cc1cc(COc2ccccc2)on1)NCc1cccs1. The topological polar surface area (TPSA) is 76.4 Å². The van der Waals surface area contributed by atoms with E-state index < -0.39 is 0 Å². The van der Waals surface area contributed by atoms with Gasteiger partial charge in [-0.1, -0.05) is 29.4 Å². The summed E-state index contributed by atoms with van der Waals surface area (Å²) in [6.45, 7) is 2.81. The molecule has 0 unspecified atom stereocenters. The predicted molar refractivity (Wildman–Crippen MR) is 116 cm³/mol. The Morgan fingerprint density at radius 3 is 2.97 bits per heavy atom. The van der Waals surface area contributed by atoms with Gasteiger partial charge in [-0.3, -0.25) is 4.79 Å². The number of rotatable bonds is 9. The van der Waals surface area contributed by atoms with Gasteiger partial charge in [0.05, 0.1) is 12.2 Å². The standard InChI is InChI=1S/C23H27N3O3S/c27-23(25-15-22-7-4-10-30-22)12-17-8-9-24-14-18(17)11-19-13-21(29-26-19)16-28-20-5-2-1-3-6-20/h1-7,10,13,17-18,24H,8-9,11-12,14-16H2,(H,25,27)/t17-,18-/m0/s1. The van der Waals surface area contributed by atoms with Crippen LogP contribution in [0, 0.1) is 11.8 Å². The molecule has 2 N–H and O–H groups in total. The summed E-state index contributed by atoms with van der Waals surface area (Å²) in [5.74, 6) is 2.34. The fourth-order valence-electron chi connectivity index (χ4n) is 3.85. The molecule has 0 saturated carbocycles. The average molecular weight is 426 g/mol. The molecule has 2 atom stereocenters. The number of carbonyl (C=O) groups is 1. The number of nitrogens with zero attached hydrogens (tertiary/aromatic N) is 1. The van der Waals surface area contributed by atoms with Crippen LogP contribution in [-0.4, -0.2) is 24.2 Å². The largest absolute Gasteiger partial charge is 0.486 e. The first-order chi connectivity index (χ1) is 14.8. The Morgan fingerprint density at radius 2 is 2.13 bits per heavy atom. The zero-order valence-electron chi connectivity index (χ0n) is 16.9. The Bertz CT molecular complexity index is 911. The molecule has 1 amide bonds. The number of para-hydroxylation sites is 1. The van der Waals surface area contributed by atoms with Crippen LogP contribution in [0.2, 0.25) is 0 Å². The average Bonchev–Trinajstić information content (AvgIpc) is 3.45. The lowest BCUT2D eigenvalue weighted by atomic mass is 9.81. The van der Waals surface area contributed by atoms with Gasteiger partial charge in [-0.2, -0.15) is 0 Å². The van der Waals surface area contributed by atoms with Crippen LogP contribution in [0.1, 0.15) is 29.2 Å². The Balaban J connectivity index is 1.27. The molecule has 0 spiro atoms. The predicted octanol–water partition coefficient (Wildman–Crippen LogP) is 3.79. The summed E-state index contributed by atoms with van der Waals surface area (Å²) in [4.78, 5) is 13.6. The van der Waals surface area contributed by atoms with Gasteiger partial charge in [0.25, 0.3) is 0 Å². The van der Waals surface area contributed by atoms with Crippen LogP contribution in [0.15, 0.2) is 58.4 Å². The van der Waals surface area contributed by atoms with E-state index in [9.17, 15) is 4.79 Å². The van der Waals surface area contributed by atoms with E-state index >= 15 is 0 Å². The maximum Gasteiger partial charge on any atom is 0.220 e. The molecular formula is C23H27N3O3S. The lowest BCUT2D eigenvalue weighted by molar-refractivity contribution is -0.122. The molecule has 0 bridgehead atoms. The van der Waals surface area contributed by atoms with Crippen molar-refractivity contribution in [1.82, 2.24) is 15.8 Å². The summed E-state index contributed by atoms with van der Waals surface area (Å²) in [5.41, 5.74) is 0.916. The van der Waals surface area contributed by atoms with Crippen molar-refractivity contribution in [1.29, 1.82) is 0 Å². The maximum absolute atomic E-state index is 12.5. The third-order valence-electron chi connectivity index (χ3n) is 5.46. The normalized spacial score (nSPS) is 18.8. The van der Waals surface area contributed by atoms with Gasteiger partial charge in [0.2, 0.25) is 5.91 Å². The van der Waals surface area contributed by atoms with E-state index in [1.54, 1.807) is 11.3 Å². The van der Waals surface area contributed by atoms with E-state index in [2.05, 4.69) is 15.8 Å². The molecule has 0 radical (unpaired) electrons. The molecule has 1 aliphatic rings. The summed E-state index contributed by atoms with van der Waals surface area (Å²) in [5, 5.41) is 12.8. The smallest absolute Gasteiger partial charge is 0.220 e. The zero-order valence-corrected chi connectivity index (χ0v) is 17.7. The lowest BCUT2D eigenvalue weighted by Crippen LogP contribution is -2.40. The minimum atomic E-state index is 0.123. The van der Waals surface area contributed by atoms with E-state index in [1.165, 1.54) is 4.88 Å². The van der Waals surface area contributed by atoms with E-state index in [4.69, 9.17) is 9.26 Å². The second-order valence-electron chi connectivity index (χ2n) is 7.66. The van der Waals surface area contributed by atoms with Gasteiger partial charge in [0, 0.05) is 17.4 Å². The van der Waals surface area contributed by atoms with Crippen LogP contribution in [0.25, 0.3) is 0 Å². The number of hydrogen-bond acceptors (Lipinski definition) is 6. The van der Waals surface area contributed by atoms with Crippen molar-refractivity contribution < 1.29 is 14.1 Å². The van der Waals surface area contributed by atoms with Crippen molar-refractivity contribution in [2.45, 2.75) is 32.4 Å². The first-order valence-corrected chi connectivity index (χ1v) is 11.3. The molecule has 1 aliphatic heterocycles. The maximum atomic E-state index is 12.5. The summed E-state index contributed by atoms with van der Waals surface area (Å²) in [6, 6.07) is 15.7. The van der Waals surface area contributed by atoms with Gasteiger partial charge in [0.1, 0.15) is 12.4 Å². The van der Waals surface area contributed by atoms with Gasteiger partial charge < -0.3 is 19.9 Å². The van der Waals surface area contributed by atoms with E-state index in [-0.39, 0.29) is 5.91 Å². The molecule has 158 valence electrons. The molecule has 0 aliphatic carbocycles. The Hall–Kier alpha value is -2.64. The zero-order chi connectivity index (χ0) is 20.6. The van der Waals surface area contributed by atoms with E-state index in [1.807, 2.05) is 53.9 Å². The van der Waals surface area contributed by atoms with Crippen LogP contribution < -0.4 is 15.4 Å². The number of aromatic nitrogens is 1. The molecule has 6 nitrogen and oxygen atoms in total. The number of hydrogen-bond donors (Lipinski definition) is 2. The molecule has 3 heterocycles. The van der Waals surface area contributed by atoms with Gasteiger partial charge in [0.15, 0.2) is 5.76 Å². The van der Waals surface area contributed by atoms with Gasteiger partial charge in [-0.05, 0) is 61.3 Å². The highest BCUT2D eigenvalue weighted by Gasteiger charge is 2.28. The molecule has 30 heavy (non-hydrogen) atoms. The third kappa shape index (κ3) is 5.93. The van der Waals surface area contributed by atoms with E-state index in [0.717, 1.165) is 37.4 Å². The molecule has 1 fully saturated rings. The van der Waals surface area contributed by atoms with Crippen molar-refractivity contribution in [2.75, 3.05) is 13.1 Å². The molecular weight excluding hydrogens is 398 g/mol. The number of amides is 1. The first-order valence-electron chi connectivity index (χ1n) is 10.4. The van der Waals surface area contributed by atoms with Crippen LogP contribution in [0.5, 0.6) is 5.75 Å². The number of nitrogens with one attached hydrogen (secondary N) is 2. The minimum absolute atomic E-state index is 0.123. The minimum Gasteiger partial charge on any atom is -0.486 e. The number of thiophene rings is 1. The number of benzene rings is 1. The molecule has 1 saturated heterocycles. The van der Waals surface area contributed by atoms with Crippen molar-refractivity contribution in [3.8, 4) is 5.75 Å². The highest BCUT2D eigenvalue weighted by molar-refractivity contribution is 7.09. The second-order valence-corrected chi connectivity index (χ2v) is 8.70. The van der Waals surface area contributed by atoms with Crippen LogP contribution in [-0.2, 0) is 24.4 Å². The number of ether oxygens (including phenoxy) is 1. The second kappa shape index (κ2) is 10.4. The van der Waals surface area contributed by atoms with Gasteiger partial charge >= 0.3 is 0 Å². The van der Waals surface area contributed by atoms with Crippen LogP contribution >= 0.6 is 11.3 Å². The van der Waals surface area contributed by atoms with Gasteiger partial charge in [-0.15, -0.1) is 11.3 Å². The Labute approximate surface area is 180 Å². The lowest BCUT2D eigenvalue weighted by Gasteiger charge is -2.31. The first kappa shape index (κ1) is 20.6. The summed E-state index contributed by atoms with van der Waals surface area (Å²) in [6.07, 6.45) is 2.35. The Morgan fingerprint density at radius 1 is 1.23 bits per heavy atom. The molecule has 4 rings (SSSR count). The highest BCUT2D eigenvalue weighted by Crippen LogP contribution is 2.26. The highest BCUT2D eigenvalue weighted by atomic mass is 32.1.